The standard InChI is InChI=1S/C12H12N4O3S2/c1-6(2)10(17)14-11(20)15-12-13-8-4-3-7(16(18)19)5-9(8)21-12/h3-6H,1-2H3,(H2,13,14,15,17,20). The van der Waals surface area contributed by atoms with Crippen LogP contribution in [0.3, 0.4) is 0 Å². The molecule has 1 amide bonds. The highest BCUT2D eigenvalue weighted by Crippen LogP contribution is 2.29. The SMILES string of the molecule is CC(C)C(=O)NC(=S)Nc1nc2ccc([N+](=O)[O-])cc2s1. The number of fused-ring (bicyclic) bond motifs is 1. The fraction of sp³-hybridized carbons (Fsp3) is 0.250. The highest BCUT2D eigenvalue weighted by Gasteiger charge is 2.13. The first kappa shape index (κ1) is 15.3. The first-order chi connectivity index (χ1) is 9.86. The van der Waals surface area contributed by atoms with E-state index in [1.165, 1.54) is 23.5 Å². The molecule has 0 saturated carbocycles. The molecule has 0 unspecified atom stereocenters. The Morgan fingerprint density at radius 1 is 1.48 bits per heavy atom. The number of hydrogen-bond donors (Lipinski definition) is 2. The van der Waals surface area contributed by atoms with Crippen molar-refractivity contribution in [1.82, 2.24) is 10.3 Å². The van der Waals surface area contributed by atoms with Crippen molar-refractivity contribution in [2.45, 2.75) is 13.8 Å². The number of thiazole rings is 1. The van der Waals surface area contributed by atoms with Gasteiger partial charge in [-0.15, -0.1) is 0 Å². The number of carbonyl (C=O) groups excluding carboxylic acids is 1. The van der Waals surface area contributed by atoms with E-state index in [-0.39, 0.29) is 22.6 Å². The molecule has 2 rings (SSSR count). The number of nitro groups is 1. The zero-order chi connectivity index (χ0) is 15.6. The summed E-state index contributed by atoms with van der Waals surface area (Å²) in [5.74, 6) is -0.369. The van der Waals surface area contributed by atoms with Crippen LogP contribution in [0.25, 0.3) is 10.2 Å². The highest BCUT2D eigenvalue weighted by molar-refractivity contribution is 7.80. The van der Waals surface area contributed by atoms with Crippen molar-refractivity contribution in [2.75, 3.05) is 5.32 Å². The van der Waals surface area contributed by atoms with Gasteiger partial charge in [-0.05, 0) is 18.3 Å². The van der Waals surface area contributed by atoms with E-state index in [4.69, 9.17) is 12.2 Å². The van der Waals surface area contributed by atoms with E-state index < -0.39 is 4.92 Å². The second-order valence-corrected chi connectivity index (χ2v) is 5.97. The highest BCUT2D eigenvalue weighted by atomic mass is 32.1. The summed E-state index contributed by atoms with van der Waals surface area (Å²) < 4.78 is 0.671. The van der Waals surface area contributed by atoms with Crippen LogP contribution in [0, 0.1) is 16.0 Å². The van der Waals surface area contributed by atoms with Gasteiger partial charge in [-0.2, -0.15) is 0 Å². The van der Waals surface area contributed by atoms with E-state index >= 15 is 0 Å². The predicted octanol–water partition coefficient (Wildman–Crippen LogP) is 2.67. The van der Waals surface area contributed by atoms with Crippen LogP contribution in [0.15, 0.2) is 18.2 Å². The van der Waals surface area contributed by atoms with Gasteiger partial charge in [0.25, 0.3) is 5.69 Å². The Morgan fingerprint density at radius 3 is 2.81 bits per heavy atom. The maximum atomic E-state index is 11.5. The number of benzene rings is 1. The number of nitrogens with zero attached hydrogens (tertiary/aromatic N) is 2. The van der Waals surface area contributed by atoms with Crippen molar-refractivity contribution in [2.24, 2.45) is 5.92 Å². The Kier molecular flexibility index (Phi) is 4.43. The first-order valence-corrected chi connectivity index (χ1v) is 7.26. The summed E-state index contributed by atoms with van der Waals surface area (Å²) in [5, 5.41) is 16.7. The summed E-state index contributed by atoms with van der Waals surface area (Å²) in [4.78, 5) is 26.0. The summed E-state index contributed by atoms with van der Waals surface area (Å²) in [6, 6.07) is 4.42. The lowest BCUT2D eigenvalue weighted by Crippen LogP contribution is -2.36. The Bertz CT molecular complexity index is 726. The number of hydrogen-bond acceptors (Lipinski definition) is 6. The molecule has 0 aliphatic heterocycles. The normalized spacial score (nSPS) is 10.6. The third kappa shape index (κ3) is 3.70. The minimum absolute atomic E-state index is 0.00777. The van der Waals surface area contributed by atoms with E-state index in [2.05, 4.69) is 15.6 Å². The van der Waals surface area contributed by atoms with E-state index in [9.17, 15) is 14.9 Å². The van der Waals surface area contributed by atoms with E-state index in [1.807, 2.05) is 0 Å². The summed E-state index contributed by atoms with van der Waals surface area (Å²) in [6.07, 6.45) is 0. The van der Waals surface area contributed by atoms with Gasteiger partial charge in [-0.1, -0.05) is 25.2 Å². The number of carbonyl (C=O) groups is 1. The topological polar surface area (TPSA) is 97.2 Å². The van der Waals surface area contributed by atoms with Crippen LogP contribution in [-0.4, -0.2) is 20.9 Å². The Balaban J connectivity index is 2.14. The lowest BCUT2D eigenvalue weighted by atomic mass is 10.2. The molecule has 0 spiro atoms. The minimum atomic E-state index is -0.459. The van der Waals surface area contributed by atoms with Crippen LogP contribution >= 0.6 is 23.6 Å². The molecule has 21 heavy (non-hydrogen) atoms. The molecule has 0 aliphatic carbocycles. The van der Waals surface area contributed by atoms with Crippen molar-refractivity contribution in [1.29, 1.82) is 0 Å². The van der Waals surface area contributed by atoms with Gasteiger partial charge >= 0.3 is 0 Å². The molecule has 0 aliphatic rings. The summed E-state index contributed by atoms with van der Waals surface area (Å²) >= 11 is 6.25. The van der Waals surface area contributed by atoms with Crippen molar-refractivity contribution in [3.8, 4) is 0 Å². The van der Waals surface area contributed by atoms with Gasteiger partial charge in [0.05, 0.1) is 15.1 Å². The van der Waals surface area contributed by atoms with E-state index in [0.717, 1.165) is 0 Å². The Morgan fingerprint density at radius 2 is 2.19 bits per heavy atom. The largest absolute Gasteiger partial charge is 0.308 e. The number of nitrogens with one attached hydrogen (secondary N) is 2. The number of anilines is 1. The molecule has 0 fully saturated rings. The van der Waals surface area contributed by atoms with Crippen molar-refractivity contribution in [3.63, 3.8) is 0 Å². The van der Waals surface area contributed by atoms with Gasteiger partial charge in [0.15, 0.2) is 10.2 Å². The number of nitro benzene ring substituents is 1. The smallest absolute Gasteiger partial charge is 0.270 e. The summed E-state index contributed by atoms with van der Waals surface area (Å²) in [6.45, 7) is 3.52. The fourth-order valence-electron chi connectivity index (χ4n) is 1.46. The van der Waals surface area contributed by atoms with Gasteiger partial charge in [0, 0.05) is 18.1 Å². The van der Waals surface area contributed by atoms with Crippen LogP contribution in [-0.2, 0) is 4.79 Å². The van der Waals surface area contributed by atoms with Gasteiger partial charge in [-0.25, -0.2) is 4.98 Å². The molecule has 1 heterocycles. The van der Waals surface area contributed by atoms with E-state index in [0.29, 0.717) is 15.3 Å². The number of aromatic nitrogens is 1. The van der Waals surface area contributed by atoms with Crippen LogP contribution in [0.4, 0.5) is 10.8 Å². The maximum absolute atomic E-state index is 11.5. The molecule has 1 aromatic heterocycles. The third-order valence-electron chi connectivity index (χ3n) is 2.56. The van der Waals surface area contributed by atoms with Crippen molar-refractivity contribution >= 4 is 55.6 Å². The minimum Gasteiger partial charge on any atom is -0.308 e. The van der Waals surface area contributed by atoms with Gasteiger partial charge in [0.2, 0.25) is 5.91 Å². The number of thiocarbonyl (C=S) groups is 1. The zero-order valence-corrected chi connectivity index (χ0v) is 12.9. The molecular weight excluding hydrogens is 312 g/mol. The number of amides is 1. The summed E-state index contributed by atoms with van der Waals surface area (Å²) in [5.41, 5.74) is 0.638. The molecular formula is C12H12N4O3S2. The van der Waals surface area contributed by atoms with E-state index in [1.54, 1.807) is 19.9 Å². The fourth-order valence-corrected chi connectivity index (χ4v) is 2.63. The van der Waals surface area contributed by atoms with Crippen LogP contribution in [0.5, 0.6) is 0 Å². The van der Waals surface area contributed by atoms with Crippen molar-refractivity contribution < 1.29 is 9.72 Å². The molecule has 0 saturated heterocycles. The molecule has 9 heteroatoms. The molecule has 1 aromatic carbocycles. The maximum Gasteiger partial charge on any atom is 0.270 e. The van der Waals surface area contributed by atoms with Crippen molar-refractivity contribution in [3.05, 3.63) is 28.3 Å². The average Bonchev–Trinajstić information content (AvgIpc) is 2.78. The van der Waals surface area contributed by atoms with Gasteiger partial charge in [0.1, 0.15) is 0 Å². The second kappa shape index (κ2) is 6.10. The lowest BCUT2D eigenvalue weighted by molar-refractivity contribution is -0.384. The summed E-state index contributed by atoms with van der Waals surface area (Å²) in [7, 11) is 0. The van der Waals surface area contributed by atoms with Crippen LogP contribution in [0.1, 0.15) is 13.8 Å². The van der Waals surface area contributed by atoms with Crippen LogP contribution < -0.4 is 10.6 Å². The van der Waals surface area contributed by atoms with Gasteiger partial charge in [-0.3, -0.25) is 14.9 Å². The molecule has 110 valence electrons. The number of non-ortho nitro benzene ring substituents is 1. The van der Waals surface area contributed by atoms with Crippen LogP contribution in [0.2, 0.25) is 0 Å². The molecule has 2 aromatic rings. The zero-order valence-electron chi connectivity index (χ0n) is 11.2. The van der Waals surface area contributed by atoms with Gasteiger partial charge < -0.3 is 10.6 Å². The number of rotatable bonds is 3. The molecule has 0 atom stereocenters. The molecule has 7 nitrogen and oxygen atoms in total. The lowest BCUT2D eigenvalue weighted by Gasteiger charge is -2.08. The molecule has 0 bridgehead atoms. The Labute approximate surface area is 129 Å². The molecule has 2 N–H and O–H groups in total. The first-order valence-electron chi connectivity index (χ1n) is 6.03. The second-order valence-electron chi connectivity index (χ2n) is 4.53. The Hall–Kier alpha value is -2.13. The average molecular weight is 324 g/mol. The quantitative estimate of drug-likeness (QED) is 0.512. The monoisotopic (exact) mass is 324 g/mol. The molecule has 0 radical (unpaired) electrons. The third-order valence-corrected chi connectivity index (χ3v) is 3.70. The predicted molar refractivity (Wildman–Crippen MR) is 85.5 cm³/mol.